The Bertz CT molecular complexity index is 3510. The van der Waals surface area contributed by atoms with Crippen molar-refractivity contribution in [1.82, 2.24) is 9.55 Å². The van der Waals surface area contributed by atoms with Crippen molar-refractivity contribution in [3.05, 3.63) is 200 Å². The topological polar surface area (TPSA) is 47.3 Å². The summed E-state index contributed by atoms with van der Waals surface area (Å²) in [5.41, 5.74) is 13.2. The molecule has 5 heteroatoms. The fraction of sp³-hybridized carbons (Fsp3) is 0. The van der Waals surface area contributed by atoms with Gasteiger partial charge in [-0.2, -0.15) is 0 Å². The quantitative estimate of drug-likeness (QED) is 0.170. The Morgan fingerprint density at radius 2 is 1.03 bits per heavy atom. The molecule has 0 aliphatic rings. The number of nitrogens with zero attached hydrogens (tertiary/aromatic N) is 3. The van der Waals surface area contributed by atoms with Crippen LogP contribution in [0.3, 0.4) is 0 Å². The number of fused-ring (bicyclic) bond motifs is 9. The van der Waals surface area contributed by atoms with Crippen LogP contribution in [0.4, 0.5) is 17.1 Å². The standard InChI is InChI=1S/C53H33N3O2/c1-3-11-36(12-4-1)53-54-52-45-31-37(20-19-35(45)23-30-50(52)58-53)34-21-24-39(25-22-34)55(41-26-28-44-43-16-8-10-18-49(43)57-51(44)33-41)40-27-29-48-46(32-40)42-15-7-9-17-47(42)56(48)38-13-5-2-6-14-38/h1-33H. The van der Waals surface area contributed by atoms with Gasteiger partial charge in [-0.25, -0.2) is 4.98 Å². The first kappa shape index (κ1) is 32.4. The van der Waals surface area contributed by atoms with E-state index >= 15 is 0 Å². The van der Waals surface area contributed by atoms with E-state index in [4.69, 9.17) is 13.8 Å². The Balaban J connectivity index is 0.998. The molecule has 3 aromatic heterocycles. The Morgan fingerprint density at radius 3 is 1.90 bits per heavy atom. The van der Waals surface area contributed by atoms with E-state index in [0.717, 1.165) is 88.8 Å². The van der Waals surface area contributed by atoms with E-state index in [-0.39, 0.29) is 0 Å². The number of hydrogen-bond donors (Lipinski definition) is 0. The number of rotatable bonds is 6. The number of para-hydroxylation sites is 3. The summed E-state index contributed by atoms with van der Waals surface area (Å²) >= 11 is 0. The molecule has 3 heterocycles. The summed E-state index contributed by atoms with van der Waals surface area (Å²) in [6, 6.07) is 70.5. The second kappa shape index (κ2) is 12.8. The van der Waals surface area contributed by atoms with Crippen LogP contribution in [0.15, 0.2) is 209 Å². The highest BCUT2D eigenvalue weighted by atomic mass is 16.3. The number of oxazole rings is 1. The molecule has 0 aliphatic heterocycles. The molecule has 12 aromatic rings. The zero-order valence-electron chi connectivity index (χ0n) is 31.2. The van der Waals surface area contributed by atoms with E-state index < -0.39 is 0 Å². The molecule has 0 radical (unpaired) electrons. The summed E-state index contributed by atoms with van der Waals surface area (Å²) in [5.74, 6) is 0.626. The van der Waals surface area contributed by atoms with Gasteiger partial charge in [0.2, 0.25) is 5.89 Å². The fourth-order valence-corrected chi connectivity index (χ4v) is 8.65. The Hall–Kier alpha value is -7.89. The average Bonchev–Trinajstić information content (AvgIpc) is 3.99. The lowest BCUT2D eigenvalue weighted by atomic mass is 10.00. The zero-order valence-corrected chi connectivity index (χ0v) is 31.2. The molecule has 0 amide bonds. The van der Waals surface area contributed by atoms with Crippen LogP contribution >= 0.6 is 0 Å². The van der Waals surface area contributed by atoms with E-state index in [2.05, 4.69) is 161 Å². The molecule has 58 heavy (non-hydrogen) atoms. The van der Waals surface area contributed by atoms with Gasteiger partial charge in [-0.05, 0) is 108 Å². The zero-order chi connectivity index (χ0) is 38.2. The van der Waals surface area contributed by atoms with Gasteiger partial charge in [0, 0.05) is 61.3 Å². The molecule has 0 fully saturated rings. The van der Waals surface area contributed by atoms with Crippen LogP contribution in [0.5, 0.6) is 0 Å². The lowest BCUT2D eigenvalue weighted by molar-refractivity contribution is 0.620. The third-order valence-electron chi connectivity index (χ3n) is 11.4. The van der Waals surface area contributed by atoms with Crippen molar-refractivity contribution in [2.75, 3.05) is 4.90 Å². The van der Waals surface area contributed by atoms with Crippen molar-refractivity contribution in [2.45, 2.75) is 0 Å². The maximum atomic E-state index is 6.42. The molecule has 0 N–H and O–H groups in total. The smallest absolute Gasteiger partial charge is 0.227 e. The van der Waals surface area contributed by atoms with E-state index in [1.807, 2.05) is 48.5 Å². The predicted octanol–water partition coefficient (Wildman–Crippen LogP) is 14.8. The summed E-state index contributed by atoms with van der Waals surface area (Å²) in [6.07, 6.45) is 0. The molecular formula is C53H33N3O2. The highest BCUT2D eigenvalue weighted by Crippen LogP contribution is 2.42. The van der Waals surface area contributed by atoms with Crippen molar-refractivity contribution in [3.63, 3.8) is 0 Å². The maximum Gasteiger partial charge on any atom is 0.227 e. The van der Waals surface area contributed by atoms with Crippen LogP contribution in [-0.2, 0) is 0 Å². The molecule has 5 nitrogen and oxygen atoms in total. The SMILES string of the molecule is c1ccc(-c2nc3c(ccc4ccc(-c5ccc(N(c6ccc7c(c6)oc6ccccc67)c6ccc7c(c6)c6ccccc6n7-c6ccccc6)cc5)cc43)o2)cc1. The van der Waals surface area contributed by atoms with Gasteiger partial charge in [-0.3, -0.25) is 0 Å². The number of furan rings is 1. The minimum absolute atomic E-state index is 0.626. The monoisotopic (exact) mass is 743 g/mol. The molecule has 0 spiro atoms. The molecule has 0 saturated heterocycles. The molecule has 0 atom stereocenters. The van der Waals surface area contributed by atoms with Crippen molar-refractivity contribution in [1.29, 1.82) is 0 Å². The van der Waals surface area contributed by atoms with Crippen molar-refractivity contribution in [2.24, 2.45) is 0 Å². The highest BCUT2D eigenvalue weighted by Gasteiger charge is 2.19. The summed E-state index contributed by atoms with van der Waals surface area (Å²) in [4.78, 5) is 7.29. The minimum Gasteiger partial charge on any atom is -0.456 e. The summed E-state index contributed by atoms with van der Waals surface area (Å²) in [5, 5.41) is 6.80. The largest absolute Gasteiger partial charge is 0.456 e. The predicted molar refractivity (Wildman–Crippen MR) is 239 cm³/mol. The first-order valence-electron chi connectivity index (χ1n) is 19.5. The first-order valence-corrected chi connectivity index (χ1v) is 19.5. The second-order valence-corrected chi connectivity index (χ2v) is 14.8. The lowest BCUT2D eigenvalue weighted by Gasteiger charge is -2.26. The van der Waals surface area contributed by atoms with Crippen molar-refractivity contribution in [3.8, 4) is 28.3 Å². The Labute approximate surface area is 333 Å². The van der Waals surface area contributed by atoms with Crippen LogP contribution in [0, 0.1) is 0 Å². The van der Waals surface area contributed by atoms with Gasteiger partial charge in [0.25, 0.3) is 0 Å². The molecule has 0 aliphatic carbocycles. The van der Waals surface area contributed by atoms with Gasteiger partial charge in [0.15, 0.2) is 5.58 Å². The maximum absolute atomic E-state index is 6.42. The van der Waals surface area contributed by atoms with Gasteiger partial charge < -0.3 is 18.3 Å². The number of benzene rings is 9. The number of aromatic nitrogens is 2. The summed E-state index contributed by atoms with van der Waals surface area (Å²) < 4.78 is 15.0. The Morgan fingerprint density at radius 1 is 0.379 bits per heavy atom. The molecule has 9 aromatic carbocycles. The highest BCUT2D eigenvalue weighted by molar-refractivity contribution is 6.11. The summed E-state index contributed by atoms with van der Waals surface area (Å²) in [7, 11) is 0. The van der Waals surface area contributed by atoms with Crippen LogP contribution < -0.4 is 4.90 Å². The molecule has 12 rings (SSSR count). The third kappa shape index (κ3) is 5.14. The van der Waals surface area contributed by atoms with Crippen LogP contribution in [0.1, 0.15) is 0 Å². The van der Waals surface area contributed by atoms with Crippen LogP contribution in [-0.4, -0.2) is 9.55 Å². The van der Waals surface area contributed by atoms with E-state index in [0.29, 0.717) is 5.89 Å². The van der Waals surface area contributed by atoms with Gasteiger partial charge in [0.05, 0.1) is 11.0 Å². The summed E-state index contributed by atoms with van der Waals surface area (Å²) in [6.45, 7) is 0. The third-order valence-corrected chi connectivity index (χ3v) is 11.4. The molecule has 272 valence electrons. The molecule has 0 saturated carbocycles. The van der Waals surface area contributed by atoms with Gasteiger partial charge in [-0.1, -0.05) is 103 Å². The van der Waals surface area contributed by atoms with Gasteiger partial charge in [0.1, 0.15) is 16.7 Å². The van der Waals surface area contributed by atoms with Gasteiger partial charge >= 0.3 is 0 Å². The van der Waals surface area contributed by atoms with E-state index in [9.17, 15) is 0 Å². The Kier molecular flexibility index (Phi) is 7.16. The molecule has 0 bridgehead atoms. The average molecular weight is 744 g/mol. The van der Waals surface area contributed by atoms with Crippen LogP contribution in [0.2, 0.25) is 0 Å². The van der Waals surface area contributed by atoms with E-state index in [1.165, 1.54) is 16.3 Å². The van der Waals surface area contributed by atoms with E-state index in [1.54, 1.807) is 0 Å². The number of anilines is 3. The fourth-order valence-electron chi connectivity index (χ4n) is 8.65. The minimum atomic E-state index is 0.626. The second-order valence-electron chi connectivity index (χ2n) is 14.8. The molecular weight excluding hydrogens is 711 g/mol. The molecule has 0 unspecified atom stereocenters. The lowest BCUT2D eigenvalue weighted by Crippen LogP contribution is -2.09. The van der Waals surface area contributed by atoms with Crippen LogP contribution in [0.25, 0.3) is 93.9 Å². The van der Waals surface area contributed by atoms with Crippen molar-refractivity contribution < 1.29 is 8.83 Å². The number of hydrogen-bond acceptors (Lipinski definition) is 4. The van der Waals surface area contributed by atoms with Gasteiger partial charge in [-0.15, -0.1) is 0 Å². The normalized spacial score (nSPS) is 11.8. The van der Waals surface area contributed by atoms with Crippen molar-refractivity contribution >= 4 is 82.7 Å². The first-order chi connectivity index (χ1) is 28.7.